The average molecular weight is 287 g/mol. The molecule has 2 N–H and O–H groups in total. The monoisotopic (exact) mass is 287 g/mol. The van der Waals surface area contributed by atoms with Crippen molar-refractivity contribution in [2.75, 3.05) is 5.32 Å². The Morgan fingerprint density at radius 1 is 1.43 bits per heavy atom. The topological polar surface area (TPSA) is 67.2 Å². The molecule has 0 radical (unpaired) electrons. The predicted molar refractivity (Wildman–Crippen MR) is 82.7 cm³/mol. The lowest BCUT2D eigenvalue weighted by atomic mass is 9.85. The number of nitrogens with one attached hydrogen (secondary N) is 1. The number of carboxylic acids is 1. The minimum Gasteiger partial charge on any atom is -0.478 e. The van der Waals surface area contributed by atoms with Crippen LogP contribution < -0.4 is 5.32 Å². The van der Waals surface area contributed by atoms with E-state index in [0.29, 0.717) is 17.6 Å². The van der Waals surface area contributed by atoms with E-state index >= 15 is 0 Å². The molecule has 2 aromatic rings. The van der Waals surface area contributed by atoms with E-state index in [1.165, 1.54) is 25.5 Å². The molecule has 112 valence electrons. The number of hydrogen-bond acceptors (Lipinski definition) is 3. The fourth-order valence-electron chi connectivity index (χ4n) is 3.25. The smallest absolute Gasteiger partial charge is 0.339 e. The van der Waals surface area contributed by atoms with E-state index in [9.17, 15) is 9.90 Å². The van der Waals surface area contributed by atoms with Crippen molar-refractivity contribution in [2.24, 2.45) is 13.0 Å². The molecule has 2 aromatic heterocycles. The third-order valence-electron chi connectivity index (χ3n) is 4.57. The van der Waals surface area contributed by atoms with Crippen LogP contribution in [0.3, 0.4) is 0 Å². The van der Waals surface area contributed by atoms with Crippen molar-refractivity contribution in [3.8, 4) is 0 Å². The third kappa shape index (κ3) is 2.48. The molecule has 5 heteroatoms. The zero-order valence-electron chi connectivity index (χ0n) is 12.5. The second kappa shape index (κ2) is 5.39. The summed E-state index contributed by atoms with van der Waals surface area (Å²) in [5.41, 5.74) is 1.78. The molecule has 0 unspecified atom stereocenters. The highest BCUT2D eigenvalue weighted by Crippen LogP contribution is 2.32. The average Bonchev–Trinajstić information content (AvgIpc) is 2.83. The van der Waals surface area contributed by atoms with E-state index in [1.807, 2.05) is 23.9 Å². The van der Waals surface area contributed by atoms with Crippen LogP contribution in [0.5, 0.6) is 0 Å². The van der Waals surface area contributed by atoms with Crippen molar-refractivity contribution in [3.63, 3.8) is 0 Å². The van der Waals surface area contributed by atoms with Gasteiger partial charge in [-0.3, -0.25) is 0 Å². The van der Waals surface area contributed by atoms with Crippen molar-refractivity contribution in [1.29, 1.82) is 0 Å². The molecule has 2 heterocycles. The van der Waals surface area contributed by atoms with Crippen molar-refractivity contribution < 1.29 is 9.90 Å². The summed E-state index contributed by atoms with van der Waals surface area (Å²) in [5.74, 6) is -0.369. The highest BCUT2D eigenvalue weighted by Gasteiger charge is 2.24. The number of fused-ring (bicyclic) bond motifs is 1. The first-order chi connectivity index (χ1) is 10.1. The van der Waals surface area contributed by atoms with Gasteiger partial charge in [0.05, 0.1) is 5.69 Å². The summed E-state index contributed by atoms with van der Waals surface area (Å²) in [7, 11) is 1.92. The minimum atomic E-state index is -0.931. The second-order valence-corrected chi connectivity index (χ2v) is 6.03. The Labute approximate surface area is 124 Å². The lowest BCUT2D eigenvalue weighted by Crippen LogP contribution is -2.31. The zero-order valence-corrected chi connectivity index (χ0v) is 12.5. The Balaban J connectivity index is 2.05. The molecule has 3 rings (SSSR count). The van der Waals surface area contributed by atoms with Gasteiger partial charge in [-0.15, -0.1) is 0 Å². The number of nitrogens with zero attached hydrogens (tertiary/aromatic N) is 2. The molecule has 2 atom stereocenters. The Kier molecular flexibility index (Phi) is 3.57. The van der Waals surface area contributed by atoms with Gasteiger partial charge in [0.2, 0.25) is 0 Å². The molecule has 21 heavy (non-hydrogen) atoms. The fraction of sp³-hybridized carbons (Fsp3) is 0.500. The van der Waals surface area contributed by atoms with E-state index in [-0.39, 0.29) is 5.56 Å². The quantitative estimate of drug-likeness (QED) is 0.909. The van der Waals surface area contributed by atoms with E-state index in [2.05, 4.69) is 17.2 Å². The minimum absolute atomic E-state index is 0.256. The van der Waals surface area contributed by atoms with Crippen LogP contribution in [0.2, 0.25) is 0 Å². The third-order valence-corrected chi connectivity index (χ3v) is 4.57. The molecule has 0 bridgehead atoms. The summed E-state index contributed by atoms with van der Waals surface area (Å²) >= 11 is 0. The first kappa shape index (κ1) is 13.9. The maximum absolute atomic E-state index is 11.5. The zero-order chi connectivity index (χ0) is 15.0. The summed E-state index contributed by atoms with van der Waals surface area (Å²) < 4.78 is 1.91. The van der Waals surface area contributed by atoms with Crippen LogP contribution in [0.1, 0.15) is 43.0 Å². The van der Waals surface area contributed by atoms with Gasteiger partial charge >= 0.3 is 5.97 Å². The van der Waals surface area contributed by atoms with Crippen molar-refractivity contribution in [2.45, 2.75) is 38.6 Å². The Hall–Kier alpha value is -2.04. The number of anilines is 1. The first-order valence-corrected chi connectivity index (χ1v) is 7.52. The second-order valence-electron chi connectivity index (χ2n) is 6.03. The largest absolute Gasteiger partial charge is 0.478 e. The van der Waals surface area contributed by atoms with Crippen LogP contribution in [0, 0.1) is 5.92 Å². The number of hydrogen-bond donors (Lipinski definition) is 2. The van der Waals surface area contributed by atoms with Gasteiger partial charge in [0.15, 0.2) is 0 Å². The number of carbonyl (C=O) groups is 1. The van der Waals surface area contributed by atoms with Crippen LogP contribution in [-0.4, -0.2) is 26.7 Å². The highest BCUT2D eigenvalue weighted by atomic mass is 16.4. The number of carboxylic acid groups (broad SMARTS) is 1. The molecule has 0 aliphatic heterocycles. The van der Waals surface area contributed by atoms with Gasteiger partial charge in [0.1, 0.15) is 11.2 Å². The summed E-state index contributed by atoms with van der Waals surface area (Å²) in [4.78, 5) is 15.8. The Morgan fingerprint density at radius 3 is 2.90 bits per heavy atom. The van der Waals surface area contributed by atoms with Gasteiger partial charge < -0.3 is 15.0 Å². The maximum atomic E-state index is 11.5. The van der Waals surface area contributed by atoms with E-state index in [0.717, 1.165) is 17.5 Å². The molecule has 1 saturated carbocycles. The van der Waals surface area contributed by atoms with Crippen LogP contribution >= 0.6 is 0 Å². The van der Waals surface area contributed by atoms with Crippen molar-refractivity contribution in [3.05, 3.63) is 24.0 Å². The number of pyridine rings is 1. The number of aryl methyl sites for hydroxylation is 1. The number of aromatic nitrogens is 2. The number of aromatic carboxylic acids is 1. The molecule has 1 fully saturated rings. The summed E-state index contributed by atoms with van der Waals surface area (Å²) in [6.07, 6.45) is 8.13. The van der Waals surface area contributed by atoms with E-state index in [1.54, 1.807) is 0 Å². The SMILES string of the molecule is C[C@@H]1CCCC[C@@H]1Nc1c(C(=O)O)cnc2c1ccn2C. The molecule has 5 nitrogen and oxygen atoms in total. The van der Waals surface area contributed by atoms with Gasteiger partial charge in [-0.25, -0.2) is 9.78 Å². The van der Waals surface area contributed by atoms with Gasteiger partial charge in [-0.2, -0.15) is 0 Å². The molecule has 1 aliphatic carbocycles. The molecule has 1 aliphatic rings. The number of rotatable bonds is 3. The van der Waals surface area contributed by atoms with Crippen LogP contribution in [0.25, 0.3) is 11.0 Å². The van der Waals surface area contributed by atoms with E-state index in [4.69, 9.17) is 0 Å². The highest BCUT2D eigenvalue weighted by molar-refractivity contribution is 6.03. The van der Waals surface area contributed by atoms with E-state index < -0.39 is 5.97 Å². The molecule has 0 aromatic carbocycles. The van der Waals surface area contributed by atoms with Gasteiger partial charge in [-0.05, 0) is 24.8 Å². The summed E-state index contributed by atoms with van der Waals surface area (Å²) in [6, 6.07) is 2.27. The van der Waals surface area contributed by atoms with Crippen LogP contribution in [-0.2, 0) is 7.05 Å². The summed E-state index contributed by atoms with van der Waals surface area (Å²) in [6.45, 7) is 2.24. The molecule has 0 amide bonds. The Morgan fingerprint density at radius 2 is 2.19 bits per heavy atom. The molecular formula is C16H21N3O2. The maximum Gasteiger partial charge on any atom is 0.339 e. The lowest BCUT2D eigenvalue weighted by Gasteiger charge is -2.31. The Bertz CT molecular complexity index is 677. The van der Waals surface area contributed by atoms with Crippen molar-refractivity contribution >= 4 is 22.7 Å². The van der Waals surface area contributed by atoms with Crippen molar-refractivity contribution in [1.82, 2.24) is 9.55 Å². The van der Waals surface area contributed by atoms with Gasteiger partial charge in [0.25, 0.3) is 0 Å². The molecule has 0 saturated heterocycles. The normalized spacial score (nSPS) is 22.4. The van der Waals surface area contributed by atoms with Gasteiger partial charge in [-0.1, -0.05) is 19.8 Å². The standard InChI is InChI=1S/C16H21N3O2/c1-10-5-3-4-6-13(10)18-14-11-7-8-19(2)15(11)17-9-12(14)16(20)21/h7-10,13H,3-6H2,1-2H3,(H,17,18)(H,20,21)/t10-,13+/m1/s1. The first-order valence-electron chi connectivity index (χ1n) is 7.52. The fourth-order valence-corrected chi connectivity index (χ4v) is 3.25. The van der Waals surface area contributed by atoms with Crippen LogP contribution in [0.15, 0.2) is 18.5 Å². The predicted octanol–water partition coefficient (Wildman–Crippen LogP) is 3.26. The summed E-state index contributed by atoms with van der Waals surface area (Å²) in [5, 5.41) is 13.8. The molecular weight excluding hydrogens is 266 g/mol. The van der Waals surface area contributed by atoms with Crippen LogP contribution in [0.4, 0.5) is 5.69 Å². The lowest BCUT2D eigenvalue weighted by molar-refractivity contribution is 0.0697. The molecule has 0 spiro atoms. The van der Waals surface area contributed by atoms with Gasteiger partial charge in [0, 0.05) is 30.9 Å².